The molecule has 0 unspecified atom stereocenters. The fourth-order valence-electron chi connectivity index (χ4n) is 6.98. The van der Waals surface area contributed by atoms with Gasteiger partial charge in [0.25, 0.3) is 11.8 Å². The number of carbonyl (C=O) groups excluding carboxylic acids is 4. The third kappa shape index (κ3) is 7.92. The van der Waals surface area contributed by atoms with Gasteiger partial charge in [-0.3, -0.25) is 29.0 Å². The van der Waals surface area contributed by atoms with E-state index in [0.717, 1.165) is 80.6 Å². The highest BCUT2D eigenvalue weighted by molar-refractivity contribution is 7.98. The van der Waals surface area contributed by atoms with Crippen LogP contribution in [0, 0.1) is 11.8 Å². The van der Waals surface area contributed by atoms with Crippen LogP contribution in [0.3, 0.4) is 0 Å². The van der Waals surface area contributed by atoms with Crippen LogP contribution in [0.15, 0.2) is 29.3 Å². The van der Waals surface area contributed by atoms with Gasteiger partial charge in [-0.2, -0.15) is 0 Å². The first kappa shape index (κ1) is 33.1. The lowest BCUT2D eigenvalue weighted by Gasteiger charge is -2.35. The lowest BCUT2D eigenvalue weighted by atomic mass is 9.81. The predicted molar refractivity (Wildman–Crippen MR) is 176 cm³/mol. The number of phenols is 1. The molecule has 3 heterocycles. The molecular formula is C34H47N5O5S. The van der Waals surface area contributed by atoms with Crippen LogP contribution in [0.25, 0.3) is 10.9 Å². The number of unbranched alkanes of at least 4 members (excludes halogenated alkanes) is 2. The molecule has 3 N–H and O–H groups in total. The molecule has 0 spiro atoms. The van der Waals surface area contributed by atoms with Crippen molar-refractivity contribution in [1.82, 2.24) is 25.0 Å². The number of carbonyl (C=O) groups is 4. The van der Waals surface area contributed by atoms with Gasteiger partial charge in [-0.05, 0) is 74.8 Å². The SMILES string of the molecule is CCc1c(SC)[nH]c2c(CN3CCN(C(=O)CCCCCNC(=O)C4CCC(CN5C(=O)C=CC5=O)CC4)CC3)c(O)ccc12. The zero-order valence-electron chi connectivity index (χ0n) is 26.6. The molecule has 10 nitrogen and oxygen atoms in total. The van der Waals surface area contributed by atoms with Crippen molar-refractivity contribution in [3.05, 3.63) is 35.4 Å². The van der Waals surface area contributed by atoms with E-state index in [4.69, 9.17) is 0 Å². The van der Waals surface area contributed by atoms with E-state index in [2.05, 4.69) is 28.4 Å². The first-order valence-corrected chi connectivity index (χ1v) is 17.7. The van der Waals surface area contributed by atoms with Gasteiger partial charge < -0.3 is 20.3 Å². The number of aryl methyl sites for hydroxylation is 1. The summed E-state index contributed by atoms with van der Waals surface area (Å²) in [6.07, 6.45) is 12.0. The van der Waals surface area contributed by atoms with Crippen molar-refractivity contribution in [1.29, 1.82) is 0 Å². The van der Waals surface area contributed by atoms with Crippen molar-refractivity contribution in [2.75, 3.05) is 45.5 Å². The van der Waals surface area contributed by atoms with Crippen molar-refractivity contribution < 1.29 is 24.3 Å². The Balaban J connectivity index is 0.950. The third-order valence-corrected chi connectivity index (χ3v) is 10.5. The molecule has 0 radical (unpaired) electrons. The number of phenolic OH excluding ortho intramolecular Hbond substituents is 1. The summed E-state index contributed by atoms with van der Waals surface area (Å²) in [7, 11) is 0. The molecule has 2 fully saturated rings. The number of fused-ring (bicyclic) bond motifs is 1. The summed E-state index contributed by atoms with van der Waals surface area (Å²) < 4.78 is 0. The molecule has 3 aliphatic rings. The maximum absolute atomic E-state index is 12.9. The van der Waals surface area contributed by atoms with Crippen LogP contribution >= 0.6 is 11.8 Å². The number of aromatic amines is 1. The van der Waals surface area contributed by atoms with Gasteiger partial charge in [-0.25, -0.2) is 0 Å². The number of rotatable bonds is 13. The van der Waals surface area contributed by atoms with E-state index in [1.54, 1.807) is 17.8 Å². The van der Waals surface area contributed by atoms with E-state index in [9.17, 15) is 24.3 Å². The smallest absolute Gasteiger partial charge is 0.253 e. The Morgan fingerprint density at radius 3 is 2.36 bits per heavy atom. The standard InChI is InChI=1S/C34H47N5O5S/c1-3-25-26-12-13-28(40)27(32(26)36-34(25)45-2)22-37-17-19-38(20-18-37)29(41)7-5-4-6-16-35-33(44)24-10-8-23(9-11-24)21-39-30(42)14-15-31(39)43/h12-15,23-24,36,40H,3-11,16-22H2,1-2H3,(H,35,44). The monoisotopic (exact) mass is 637 g/mol. The maximum Gasteiger partial charge on any atom is 0.253 e. The van der Waals surface area contributed by atoms with Gasteiger partial charge in [-0.15, -0.1) is 11.8 Å². The van der Waals surface area contributed by atoms with E-state index < -0.39 is 0 Å². The maximum atomic E-state index is 12.9. The Hall–Kier alpha value is -3.31. The summed E-state index contributed by atoms with van der Waals surface area (Å²) in [5.74, 6) is 0.369. The summed E-state index contributed by atoms with van der Waals surface area (Å²) >= 11 is 1.70. The number of nitrogens with one attached hydrogen (secondary N) is 2. The van der Waals surface area contributed by atoms with Crippen molar-refractivity contribution in [3.8, 4) is 5.75 Å². The normalized spacial score (nSPS) is 20.8. The first-order chi connectivity index (χ1) is 21.8. The zero-order valence-corrected chi connectivity index (χ0v) is 27.4. The lowest BCUT2D eigenvalue weighted by molar-refractivity contribution is -0.138. The van der Waals surface area contributed by atoms with Crippen molar-refractivity contribution >= 4 is 46.3 Å². The molecule has 2 aliphatic heterocycles. The molecular weight excluding hydrogens is 590 g/mol. The number of thioether (sulfide) groups is 1. The fraction of sp³-hybridized carbons (Fsp3) is 0.588. The van der Waals surface area contributed by atoms with E-state index in [1.165, 1.54) is 28.0 Å². The number of amides is 4. The Bertz CT molecular complexity index is 1400. The van der Waals surface area contributed by atoms with Gasteiger partial charge in [-0.1, -0.05) is 13.3 Å². The van der Waals surface area contributed by atoms with E-state index >= 15 is 0 Å². The van der Waals surface area contributed by atoms with E-state index in [1.807, 2.05) is 11.0 Å². The van der Waals surface area contributed by atoms with Crippen LogP contribution in [0.4, 0.5) is 0 Å². The second-order valence-electron chi connectivity index (χ2n) is 12.6. The van der Waals surface area contributed by atoms with Crippen molar-refractivity contribution in [2.45, 2.75) is 76.3 Å². The Kier molecular flexibility index (Phi) is 11.3. The van der Waals surface area contributed by atoms with Crippen molar-refractivity contribution in [2.24, 2.45) is 11.8 Å². The highest BCUT2D eigenvalue weighted by Crippen LogP contribution is 2.35. The predicted octanol–water partition coefficient (Wildman–Crippen LogP) is 4.21. The number of hydrogen-bond acceptors (Lipinski definition) is 7. The second-order valence-corrected chi connectivity index (χ2v) is 13.4. The van der Waals surface area contributed by atoms with Crippen LogP contribution < -0.4 is 5.32 Å². The van der Waals surface area contributed by atoms with Crippen LogP contribution in [0.1, 0.15) is 69.4 Å². The zero-order chi connectivity index (χ0) is 31.9. The van der Waals surface area contributed by atoms with E-state index in [0.29, 0.717) is 44.9 Å². The molecule has 0 atom stereocenters. The quantitative estimate of drug-likeness (QED) is 0.171. The molecule has 45 heavy (non-hydrogen) atoms. The minimum Gasteiger partial charge on any atom is -0.508 e. The van der Waals surface area contributed by atoms with Crippen molar-refractivity contribution in [3.63, 3.8) is 0 Å². The minimum atomic E-state index is -0.237. The van der Waals surface area contributed by atoms with Gasteiger partial charge >= 0.3 is 0 Å². The van der Waals surface area contributed by atoms with Gasteiger partial charge in [0.05, 0.1) is 10.5 Å². The number of imide groups is 1. The average molecular weight is 638 g/mol. The second kappa shape index (κ2) is 15.3. The molecule has 1 aromatic carbocycles. The minimum absolute atomic E-state index is 0.00839. The summed E-state index contributed by atoms with van der Waals surface area (Å²) in [6.45, 7) is 6.80. The molecule has 0 bridgehead atoms. The number of nitrogens with zero attached hydrogens (tertiary/aromatic N) is 3. The lowest BCUT2D eigenvalue weighted by Crippen LogP contribution is -2.48. The number of H-pyrrole nitrogens is 1. The Morgan fingerprint density at radius 1 is 0.978 bits per heavy atom. The number of aromatic hydroxyl groups is 1. The van der Waals surface area contributed by atoms with Crippen LogP contribution in [0.5, 0.6) is 5.75 Å². The molecule has 5 rings (SSSR count). The fourth-order valence-corrected chi connectivity index (χ4v) is 7.68. The summed E-state index contributed by atoms with van der Waals surface area (Å²) in [6, 6.07) is 3.81. The van der Waals surface area contributed by atoms with Gasteiger partial charge in [0.2, 0.25) is 11.8 Å². The summed E-state index contributed by atoms with van der Waals surface area (Å²) in [5.41, 5.74) is 3.23. The number of piperazine rings is 1. The average Bonchev–Trinajstić information content (AvgIpc) is 3.58. The first-order valence-electron chi connectivity index (χ1n) is 16.5. The molecule has 2 aromatic rings. The molecule has 1 saturated carbocycles. The Morgan fingerprint density at radius 2 is 1.69 bits per heavy atom. The van der Waals surface area contributed by atoms with Crippen LogP contribution in [-0.4, -0.2) is 93.9 Å². The number of hydrogen-bond donors (Lipinski definition) is 3. The molecule has 1 aliphatic carbocycles. The largest absolute Gasteiger partial charge is 0.508 e. The summed E-state index contributed by atoms with van der Waals surface area (Å²) in [4.78, 5) is 58.2. The van der Waals surface area contributed by atoms with E-state index in [-0.39, 0.29) is 35.5 Å². The third-order valence-electron chi connectivity index (χ3n) is 9.72. The molecule has 244 valence electrons. The number of benzene rings is 1. The molecule has 11 heteroatoms. The molecule has 1 aromatic heterocycles. The highest BCUT2D eigenvalue weighted by Gasteiger charge is 2.31. The van der Waals surface area contributed by atoms with Crippen LogP contribution in [0.2, 0.25) is 0 Å². The van der Waals surface area contributed by atoms with Gasteiger partial charge in [0.1, 0.15) is 5.75 Å². The van der Waals surface area contributed by atoms with Gasteiger partial charge in [0, 0.05) is 81.3 Å². The Labute approximate surface area is 269 Å². The molecule has 1 saturated heterocycles. The number of aromatic nitrogens is 1. The topological polar surface area (TPSA) is 126 Å². The van der Waals surface area contributed by atoms with Crippen LogP contribution in [-0.2, 0) is 32.1 Å². The summed E-state index contributed by atoms with van der Waals surface area (Å²) in [5, 5.41) is 16.1. The van der Waals surface area contributed by atoms with Gasteiger partial charge in [0.15, 0.2) is 0 Å². The molecule has 4 amide bonds. The highest BCUT2D eigenvalue weighted by atomic mass is 32.2.